The Morgan fingerprint density at radius 1 is 1.21 bits per heavy atom. The van der Waals surface area contributed by atoms with Crippen LogP contribution in [0.4, 0.5) is 29.9 Å². The summed E-state index contributed by atoms with van der Waals surface area (Å²) in [7, 11) is -2.32. The molecule has 0 atom stereocenters. The van der Waals surface area contributed by atoms with Crippen LogP contribution in [0.1, 0.15) is 15.9 Å². The molecule has 0 saturated carbocycles. The molecule has 0 aliphatic heterocycles. The number of halogens is 3. The van der Waals surface area contributed by atoms with E-state index in [1.807, 2.05) is 5.32 Å². The van der Waals surface area contributed by atoms with E-state index in [1.165, 1.54) is 32.2 Å². The molecule has 0 bridgehead atoms. The third-order valence-corrected chi connectivity index (χ3v) is 5.39. The molecule has 0 saturated heterocycles. The number of urea groups is 1. The zero-order valence-corrected chi connectivity index (χ0v) is 18.7. The van der Waals surface area contributed by atoms with Crippen molar-refractivity contribution < 1.29 is 45.8 Å². The van der Waals surface area contributed by atoms with Crippen molar-refractivity contribution in [2.24, 2.45) is 0 Å². The number of benzene rings is 1. The second-order valence-electron chi connectivity index (χ2n) is 6.49. The van der Waals surface area contributed by atoms with Crippen molar-refractivity contribution in [3.63, 3.8) is 0 Å². The Morgan fingerprint density at radius 3 is 2.47 bits per heavy atom. The fourth-order valence-electron chi connectivity index (χ4n) is 2.43. The molecule has 0 spiro atoms. The van der Waals surface area contributed by atoms with Crippen LogP contribution >= 0.6 is 0 Å². The minimum absolute atomic E-state index is 0.123. The molecule has 34 heavy (non-hydrogen) atoms. The van der Waals surface area contributed by atoms with Gasteiger partial charge in [-0.2, -0.15) is 28.1 Å². The molecule has 0 fully saturated rings. The minimum Gasteiger partial charge on any atom is -0.465 e. The van der Waals surface area contributed by atoms with Crippen LogP contribution in [0.2, 0.25) is 0 Å². The van der Waals surface area contributed by atoms with Gasteiger partial charge in [0.2, 0.25) is 11.9 Å². The van der Waals surface area contributed by atoms with Crippen molar-refractivity contribution in [1.29, 1.82) is 0 Å². The van der Waals surface area contributed by atoms with E-state index in [2.05, 4.69) is 24.4 Å². The van der Waals surface area contributed by atoms with E-state index in [9.17, 15) is 36.3 Å². The number of hydrogen-bond acceptors (Lipinski definition) is 11. The molecule has 1 aromatic heterocycles. The number of aliphatic hydroxyl groups excluding tert-OH is 1. The van der Waals surface area contributed by atoms with Crippen LogP contribution in [0.15, 0.2) is 23.1 Å². The van der Waals surface area contributed by atoms with Gasteiger partial charge in [-0.3, -0.25) is 5.32 Å². The predicted molar refractivity (Wildman–Crippen MR) is 109 cm³/mol. The number of nitrogens with zero attached hydrogens (tertiary/aromatic N) is 4. The van der Waals surface area contributed by atoms with Crippen molar-refractivity contribution in [2.45, 2.75) is 18.0 Å². The second kappa shape index (κ2) is 10.5. The number of carbonyl (C=O) groups excluding carboxylic acids is 2. The lowest BCUT2D eigenvalue weighted by atomic mass is 10.1. The zero-order valence-electron chi connectivity index (χ0n) is 17.9. The van der Waals surface area contributed by atoms with Gasteiger partial charge in [-0.1, -0.05) is 12.1 Å². The summed E-state index contributed by atoms with van der Waals surface area (Å²) >= 11 is 0. The van der Waals surface area contributed by atoms with E-state index in [4.69, 9.17) is 0 Å². The Morgan fingerprint density at radius 2 is 1.88 bits per heavy atom. The summed E-state index contributed by atoms with van der Waals surface area (Å²) in [6.07, 6.45) is -4.72. The van der Waals surface area contributed by atoms with Crippen LogP contribution in [0.25, 0.3) is 0 Å². The molecule has 1 heterocycles. The molecule has 0 aliphatic carbocycles. The average Bonchev–Trinajstić information content (AvgIpc) is 2.75. The lowest BCUT2D eigenvalue weighted by Gasteiger charge is -2.16. The number of aryl methyl sites for hydroxylation is 1. The van der Waals surface area contributed by atoms with Gasteiger partial charge in [0.1, 0.15) is 11.6 Å². The van der Waals surface area contributed by atoms with E-state index in [-0.39, 0.29) is 17.1 Å². The maximum atomic E-state index is 12.8. The molecule has 2 rings (SSSR count). The molecule has 17 heteroatoms. The number of aromatic nitrogens is 3. The number of amides is 2. The third kappa shape index (κ3) is 6.88. The maximum absolute atomic E-state index is 12.8. The van der Waals surface area contributed by atoms with Crippen molar-refractivity contribution >= 4 is 33.9 Å². The molecular weight excluding hydrogens is 489 g/mol. The molecule has 3 N–H and O–H groups in total. The largest absolute Gasteiger partial charge is 0.465 e. The first-order valence-corrected chi connectivity index (χ1v) is 10.5. The number of aliphatic hydroxyl groups is 1. The summed E-state index contributed by atoms with van der Waals surface area (Å²) in [5.41, 5.74) is -0.212. The summed E-state index contributed by atoms with van der Waals surface area (Å²) in [6.45, 7) is -1.04. The highest BCUT2D eigenvalue weighted by Crippen LogP contribution is 2.22. The van der Waals surface area contributed by atoms with Crippen LogP contribution in [0.3, 0.4) is 0 Å². The Balaban J connectivity index is 2.33. The van der Waals surface area contributed by atoms with Gasteiger partial charge in [-0.15, -0.1) is 0 Å². The Kier molecular flexibility index (Phi) is 8.17. The number of nitrogens with one attached hydrogen (secondary N) is 2. The topological polar surface area (TPSA) is 173 Å². The van der Waals surface area contributed by atoms with E-state index in [1.54, 1.807) is 4.72 Å². The average molecular weight is 508 g/mol. The monoisotopic (exact) mass is 508 g/mol. The first-order chi connectivity index (χ1) is 15.8. The highest BCUT2D eigenvalue weighted by Gasteiger charge is 2.30. The predicted octanol–water partition coefficient (Wildman–Crippen LogP) is 0.804. The molecule has 0 aliphatic rings. The van der Waals surface area contributed by atoms with Crippen molar-refractivity contribution in [3.8, 4) is 6.01 Å². The highest BCUT2D eigenvalue weighted by atomic mass is 32.2. The van der Waals surface area contributed by atoms with E-state index >= 15 is 0 Å². The first kappa shape index (κ1) is 26.5. The van der Waals surface area contributed by atoms with Crippen LogP contribution in [0.5, 0.6) is 6.01 Å². The fraction of sp³-hybridized carbons (Fsp3) is 0.353. The number of rotatable bonds is 8. The van der Waals surface area contributed by atoms with Gasteiger partial charge >= 0.3 is 24.2 Å². The first-order valence-electron chi connectivity index (χ1n) is 9.06. The Hall–Kier alpha value is -3.73. The van der Waals surface area contributed by atoms with E-state index in [0.29, 0.717) is 0 Å². The molecular formula is C17H19F3N6O7S. The number of anilines is 2. The SMILES string of the molecule is COC(=O)c1cccc(C)c1S(=O)(=O)NC(=O)Nc1nc(OCC(F)(F)F)nc(N(C)CO)n1. The number of hydrogen-bond donors (Lipinski definition) is 3. The second-order valence-corrected chi connectivity index (χ2v) is 8.11. The van der Waals surface area contributed by atoms with E-state index in [0.717, 1.165) is 12.0 Å². The van der Waals surface area contributed by atoms with Crippen molar-refractivity contribution in [2.75, 3.05) is 37.7 Å². The van der Waals surface area contributed by atoms with Gasteiger partial charge in [-0.25, -0.2) is 22.7 Å². The Bertz CT molecular complexity index is 1180. The molecule has 2 amide bonds. The zero-order chi connectivity index (χ0) is 25.7. The summed E-state index contributed by atoms with van der Waals surface area (Å²) < 4.78 is 73.5. The lowest BCUT2D eigenvalue weighted by Crippen LogP contribution is -2.36. The molecule has 2 aromatic rings. The van der Waals surface area contributed by atoms with Crippen LogP contribution in [-0.4, -0.2) is 74.1 Å². The standard InChI is InChI=1S/C17H19F3N6O7S/c1-9-5-4-6-10(12(28)32-3)11(9)34(30,31)25-15(29)22-13-21-14(26(2)8-27)24-16(23-13)33-7-17(18,19)20/h4-6,27H,7-8H2,1-3H3,(H2,21,22,23,24,25,29). The van der Waals surface area contributed by atoms with Gasteiger partial charge in [0, 0.05) is 7.05 Å². The van der Waals surface area contributed by atoms with Gasteiger partial charge in [0.25, 0.3) is 10.0 Å². The van der Waals surface area contributed by atoms with Crippen molar-refractivity contribution in [3.05, 3.63) is 29.3 Å². The van der Waals surface area contributed by atoms with Crippen LogP contribution in [0, 0.1) is 6.92 Å². The molecule has 1 aromatic carbocycles. The third-order valence-electron chi connectivity index (χ3n) is 3.86. The maximum Gasteiger partial charge on any atom is 0.422 e. The smallest absolute Gasteiger partial charge is 0.422 e. The number of methoxy groups -OCH3 is 1. The summed E-state index contributed by atoms with van der Waals surface area (Å²) in [4.78, 5) is 35.5. The quantitative estimate of drug-likeness (QED) is 0.340. The Labute approximate surface area is 191 Å². The van der Waals surface area contributed by atoms with Crippen molar-refractivity contribution in [1.82, 2.24) is 19.7 Å². The molecule has 13 nitrogen and oxygen atoms in total. The van der Waals surface area contributed by atoms with Crippen LogP contribution < -0.4 is 19.7 Å². The fourth-order valence-corrected chi connectivity index (χ4v) is 3.76. The van der Waals surface area contributed by atoms with Gasteiger partial charge < -0.3 is 19.5 Å². The minimum atomic E-state index is -4.72. The lowest BCUT2D eigenvalue weighted by molar-refractivity contribution is -0.154. The summed E-state index contributed by atoms with van der Waals surface area (Å²) in [5.74, 6) is -2.04. The molecule has 0 radical (unpaired) electrons. The highest BCUT2D eigenvalue weighted by molar-refractivity contribution is 7.90. The molecule has 186 valence electrons. The number of carbonyl (C=O) groups is 2. The number of esters is 1. The number of alkyl halides is 3. The van der Waals surface area contributed by atoms with Gasteiger partial charge in [0.05, 0.1) is 12.7 Å². The normalized spacial score (nSPS) is 11.5. The van der Waals surface area contributed by atoms with Crippen LogP contribution in [-0.2, 0) is 14.8 Å². The van der Waals surface area contributed by atoms with Gasteiger partial charge in [0.15, 0.2) is 6.61 Å². The van der Waals surface area contributed by atoms with Gasteiger partial charge in [-0.05, 0) is 18.6 Å². The summed E-state index contributed by atoms with van der Waals surface area (Å²) in [6, 6.07) is 1.70. The molecule has 0 unspecified atom stereocenters. The number of ether oxygens (including phenoxy) is 2. The summed E-state index contributed by atoms with van der Waals surface area (Å²) in [5, 5.41) is 11.1. The number of sulfonamides is 1. The van der Waals surface area contributed by atoms with E-state index < -0.39 is 58.4 Å².